The number of carboxylic acids is 1. The van der Waals surface area contributed by atoms with Crippen LogP contribution in [0.25, 0.3) is 21.8 Å². The standard InChI is InChI=1S/C87H122N24O20S/c1-7-9-22-66(108(5)86(131)68(23-10-8-2)109(6)82(127)56(88)34-49-39-96-57-19-13-11-17-54(49)57)79(124)101-59(21-15-31-95-87(92)93)77(122)106-65(76(121)98-42-71(90)115)44-132-45-72(116)100-63(33-48-25-27-52(112)28-26-48)83(128)107(4)47(3)75(120)105-64(38-70(89)114)85(130)110-32-16-24-67(110)80(125)104-62(36-51-41-94-46-99-51)78(123)102-60(29-30-73(117)118)84(129)111-43-53(113)37-69(111)81(126)103-61(74(91)119)35-50-40-97-58-20-14-12-18-55(50)58/h11-14,17-20,25-28,39-41,46-47,53,56,59-69,96-97,112-113H,7-10,15-16,21-24,29-38,42-45,88H2,1-6H3,(H2,89,114)(H2,90,115)(H2,91,119)(H,94,99)(H,98,121)(H,100,116)(H,101,124)(H,102,123)(H,103,126)(H,104,125)(H,105,120)(H,106,122)(H,117,118)(H4,92,93,95)/t47-,53+,56-,59-,60-,61-,62-,63-,64-,65-,66-,67-,68-,69-/m0/s1. The number of benzene rings is 3. The van der Waals surface area contributed by atoms with Gasteiger partial charge in [-0.2, -0.15) is 0 Å². The van der Waals surface area contributed by atoms with Crippen molar-refractivity contribution in [3.63, 3.8) is 0 Å². The number of phenolic OH excluding ortho intramolecular Hbond substituents is 1. The molecule has 0 radical (unpaired) electrons. The number of likely N-dealkylation sites (tertiary alicyclic amines) is 2. The van der Waals surface area contributed by atoms with Gasteiger partial charge >= 0.3 is 5.97 Å². The van der Waals surface area contributed by atoms with Gasteiger partial charge in [0.2, 0.25) is 94.5 Å². The Morgan fingerprint density at radius 3 is 1.77 bits per heavy atom. The van der Waals surface area contributed by atoms with Crippen molar-refractivity contribution in [2.75, 3.05) is 58.8 Å². The fourth-order valence-corrected chi connectivity index (χ4v) is 16.7. The van der Waals surface area contributed by atoms with E-state index in [4.69, 9.17) is 34.1 Å². The van der Waals surface area contributed by atoms with Crippen LogP contribution in [0.3, 0.4) is 0 Å². The molecule has 0 saturated carbocycles. The lowest BCUT2D eigenvalue weighted by molar-refractivity contribution is -0.148. The Kier molecular flexibility index (Phi) is 39.2. The lowest BCUT2D eigenvalue weighted by Gasteiger charge is -2.36. The van der Waals surface area contributed by atoms with Crippen molar-refractivity contribution < 1.29 is 96.8 Å². The molecule has 45 heteroatoms. The van der Waals surface area contributed by atoms with Gasteiger partial charge in [-0.1, -0.05) is 88.1 Å². The van der Waals surface area contributed by atoms with Gasteiger partial charge < -0.3 is 131 Å². The topological polar surface area (TPSA) is 690 Å². The maximum atomic E-state index is 14.8. The second-order valence-electron chi connectivity index (χ2n) is 33.0. The molecule has 716 valence electrons. The third kappa shape index (κ3) is 29.7. The van der Waals surface area contributed by atoms with Gasteiger partial charge in [-0.15, -0.1) is 11.8 Å². The number of aliphatic hydroxyl groups is 1. The molecule has 26 N–H and O–H groups in total. The normalized spacial score (nSPS) is 16.6. The van der Waals surface area contributed by atoms with Crippen molar-refractivity contribution in [2.45, 2.75) is 221 Å². The number of H-pyrrole nitrogens is 3. The van der Waals surface area contributed by atoms with E-state index in [2.05, 4.69) is 67.8 Å². The highest BCUT2D eigenvalue weighted by molar-refractivity contribution is 8.00. The number of carbonyl (C=O) groups is 17. The minimum Gasteiger partial charge on any atom is -0.508 e. The highest BCUT2D eigenvalue weighted by Gasteiger charge is 2.46. The number of hydrogen-bond donors (Lipinski definition) is 21. The number of nitrogens with zero attached hydrogens (tertiary/aromatic N) is 6. The minimum absolute atomic E-state index is 0.0346. The number of fused-ring (bicyclic) bond motifs is 2. The summed E-state index contributed by atoms with van der Waals surface area (Å²) in [5.74, 6) is -17.4. The number of primary amides is 3. The average Bonchev–Trinajstić information content (AvgIpc) is 1.85. The van der Waals surface area contributed by atoms with Gasteiger partial charge in [-0.25, -0.2) is 4.98 Å². The Hall–Kier alpha value is -13.7. The molecule has 5 heterocycles. The molecule has 0 unspecified atom stereocenters. The lowest BCUT2D eigenvalue weighted by atomic mass is 10.0. The molecule has 2 fully saturated rings. The second kappa shape index (κ2) is 49.9. The minimum atomic E-state index is -1.81. The van der Waals surface area contributed by atoms with E-state index in [1.807, 2.05) is 38.1 Å². The van der Waals surface area contributed by atoms with E-state index in [1.165, 1.54) is 74.7 Å². The Labute approximate surface area is 765 Å². The van der Waals surface area contributed by atoms with Gasteiger partial charge in [-0.3, -0.25) is 86.9 Å². The van der Waals surface area contributed by atoms with Crippen LogP contribution in [0.15, 0.2) is 97.7 Å². The number of unbranched alkanes of at least 4 members (excludes halogenated alkanes) is 2. The Morgan fingerprint density at radius 2 is 1.16 bits per heavy atom. The van der Waals surface area contributed by atoms with E-state index >= 15 is 0 Å². The molecule has 2 saturated heterocycles. The van der Waals surface area contributed by atoms with Crippen molar-refractivity contribution in [1.29, 1.82) is 5.41 Å². The first-order valence-corrected chi connectivity index (χ1v) is 44.8. The zero-order chi connectivity index (χ0) is 96.7. The number of carboxylic acid groups (broad SMARTS) is 1. The van der Waals surface area contributed by atoms with Gasteiger partial charge in [0.1, 0.15) is 78.3 Å². The van der Waals surface area contributed by atoms with Crippen molar-refractivity contribution >= 4 is 140 Å². The summed E-state index contributed by atoms with van der Waals surface area (Å²) in [6.45, 7) is 3.75. The third-order valence-electron chi connectivity index (χ3n) is 23.2. The van der Waals surface area contributed by atoms with Crippen molar-refractivity contribution in [1.82, 2.24) is 92.3 Å². The maximum absolute atomic E-state index is 14.8. The SMILES string of the molecule is CCCC[C@@H](C(=O)N(C)[C@@H](CCCC)C(=O)N[C@@H](CCCNC(=N)N)C(=O)N[C@@H](CSCC(=O)N[C@@H](Cc1ccc(O)cc1)C(=O)N(C)[C@@H](C)C(=O)N[C@@H](CC(N)=O)C(=O)N1CCC[C@H]1C(=O)N[C@@H](Cc1cnc[nH]1)C(=O)N[C@@H](CCC(=O)O)C(=O)N1C[C@H](O)C[C@H]1C(=O)N[C@@H](Cc1c[nH]c2ccccc12)C(N)=O)C(=O)NCC(N)=O)N(C)C(=O)[C@@H](N)Cc1c[nH]c2ccccc12. The molecule has 44 nitrogen and oxygen atoms in total. The Balaban J connectivity index is 0.936. The van der Waals surface area contributed by atoms with Crippen LogP contribution in [-0.4, -0.2) is 310 Å². The summed E-state index contributed by atoms with van der Waals surface area (Å²) in [5.41, 5.74) is 32.7. The number of thioether (sulfide) groups is 1. The van der Waals surface area contributed by atoms with Gasteiger partial charge in [0.05, 0.1) is 37.2 Å². The Morgan fingerprint density at radius 1 is 0.576 bits per heavy atom. The number of amides is 16. The molecule has 3 aromatic carbocycles. The highest BCUT2D eigenvalue weighted by atomic mass is 32.2. The fourth-order valence-electron chi connectivity index (χ4n) is 15.8. The number of aromatic hydroxyl groups is 1. The highest BCUT2D eigenvalue weighted by Crippen LogP contribution is 2.27. The molecule has 2 aliphatic heterocycles. The maximum Gasteiger partial charge on any atom is 0.303 e. The first-order chi connectivity index (χ1) is 62.8. The van der Waals surface area contributed by atoms with Crippen LogP contribution in [0.4, 0.5) is 0 Å². The molecule has 0 spiro atoms. The molecular weight excluding hydrogens is 1730 g/mol. The number of nitrogens with one attached hydrogen (secondary N) is 13. The number of aromatic amines is 3. The van der Waals surface area contributed by atoms with E-state index < -0.39 is 235 Å². The van der Waals surface area contributed by atoms with Crippen LogP contribution in [0.5, 0.6) is 5.75 Å². The van der Waals surface area contributed by atoms with Crippen LogP contribution in [-0.2, 0) is 107 Å². The molecule has 6 aromatic rings. The molecule has 0 bridgehead atoms. The number of hydrogen-bond acceptors (Lipinski definition) is 23. The molecule has 132 heavy (non-hydrogen) atoms. The number of carbonyl (C=O) groups excluding carboxylic acids is 16. The number of aliphatic hydroxyl groups excluding tert-OH is 1. The summed E-state index contributed by atoms with van der Waals surface area (Å²) in [6.07, 6.45) is 4.21. The summed E-state index contributed by atoms with van der Waals surface area (Å²) in [4.78, 5) is 258. The first kappa shape index (κ1) is 104. The van der Waals surface area contributed by atoms with Crippen LogP contribution < -0.4 is 76.5 Å². The summed E-state index contributed by atoms with van der Waals surface area (Å²) in [6, 6.07) is 1.38. The van der Waals surface area contributed by atoms with Crippen LogP contribution in [0.1, 0.15) is 133 Å². The van der Waals surface area contributed by atoms with Gasteiger partial charge in [0, 0.05) is 125 Å². The average molecular weight is 1860 g/mol. The zero-order valence-electron chi connectivity index (χ0n) is 74.6. The first-order valence-electron chi connectivity index (χ1n) is 43.6. The Bertz CT molecular complexity index is 5090. The molecule has 0 aliphatic carbocycles. The molecular formula is C87H122N24O20S. The molecule has 2 aliphatic rings. The van der Waals surface area contributed by atoms with E-state index in [0.717, 1.165) is 53.8 Å². The number of likely N-dealkylation sites (N-methyl/N-ethyl adjacent to an activating group) is 3. The van der Waals surface area contributed by atoms with Crippen LogP contribution in [0, 0.1) is 5.41 Å². The van der Waals surface area contributed by atoms with E-state index in [9.17, 15) is 96.8 Å². The number of aromatic nitrogens is 4. The van der Waals surface area contributed by atoms with E-state index in [0.29, 0.717) is 36.8 Å². The third-order valence-corrected chi connectivity index (χ3v) is 24.2. The smallest absolute Gasteiger partial charge is 0.303 e. The van der Waals surface area contributed by atoms with Gasteiger partial charge in [0.15, 0.2) is 5.96 Å². The number of para-hydroxylation sites is 2. The quantitative estimate of drug-likeness (QED) is 0.0101. The summed E-state index contributed by atoms with van der Waals surface area (Å²) < 4.78 is 0. The number of aliphatic carboxylic acids is 1. The van der Waals surface area contributed by atoms with Crippen molar-refractivity contribution in [2.24, 2.45) is 28.7 Å². The monoisotopic (exact) mass is 1850 g/mol. The van der Waals surface area contributed by atoms with Gasteiger partial charge in [0.25, 0.3) is 0 Å². The van der Waals surface area contributed by atoms with Crippen LogP contribution in [0.2, 0.25) is 0 Å². The molecule has 14 atom stereocenters. The summed E-state index contributed by atoms with van der Waals surface area (Å²) in [7, 11) is 4.11. The zero-order valence-corrected chi connectivity index (χ0v) is 75.4. The predicted molar refractivity (Wildman–Crippen MR) is 483 cm³/mol. The van der Waals surface area contributed by atoms with Crippen molar-refractivity contribution in [3.05, 3.63) is 120 Å². The number of β-amino-alcohol motifs (C(OH)–C–C–N with tert-alkyl or cyclic N) is 1. The number of imidazole rings is 1. The van der Waals surface area contributed by atoms with E-state index in [1.54, 1.807) is 36.7 Å². The number of guanidine groups is 1. The predicted octanol–water partition coefficient (Wildman–Crippen LogP) is -3.27. The second-order valence-corrected chi connectivity index (χ2v) is 34.0. The molecule has 3 aromatic heterocycles. The largest absolute Gasteiger partial charge is 0.508 e. The summed E-state index contributed by atoms with van der Waals surface area (Å²) in [5, 5.41) is 63.5. The summed E-state index contributed by atoms with van der Waals surface area (Å²) >= 11 is 0.767. The number of phenols is 1. The van der Waals surface area contributed by atoms with Gasteiger partial charge in [-0.05, 0) is 99.2 Å². The number of nitrogens with two attached hydrogens (primary N) is 5. The van der Waals surface area contributed by atoms with E-state index in [-0.39, 0.29) is 95.2 Å². The van der Waals surface area contributed by atoms with Crippen LogP contribution >= 0.6 is 11.8 Å². The molecule has 8 rings (SSSR count). The fraction of sp³-hybridized carbons (Fsp3) is 0.506. The lowest BCUT2D eigenvalue weighted by Crippen LogP contribution is -2.60. The number of rotatable bonds is 52. The van der Waals surface area contributed by atoms with Crippen molar-refractivity contribution in [3.8, 4) is 5.75 Å². The molecule has 16 amide bonds.